The summed E-state index contributed by atoms with van der Waals surface area (Å²) >= 11 is 0. The zero-order valence-corrected chi connectivity index (χ0v) is 11.9. The topological polar surface area (TPSA) is 35.6 Å². The van der Waals surface area contributed by atoms with Crippen LogP contribution >= 0.6 is 0 Å². The van der Waals surface area contributed by atoms with Crippen LogP contribution in [0, 0.1) is 0 Å². The van der Waals surface area contributed by atoms with E-state index in [1.807, 2.05) is 0 Å². The third kappa shape index (κ3) is 3.74. The summed E-state index contributed by atoms with van der Waals surface area (Å²) < 4.78 is 11.3. The van der Waals surface area contributed by atoms with E-state index in [2.05, 4.69) is 29.0 Å². The number of nitrogens with one attached hydrogen (secondary N) is 1. The van der Waals surface area contributed by atoms with E-state index in [1.165, 1.54) is 0 Å². The summed E-state index contributed by atoms with van der Waals surface area (Å²) in [6, 6.07) is 0. The molecule has 100 valence electrons. The average molecular weight is 259 g/mol. The Morgan fingerprint density at radius 3 is 2.29 bits per heavy atom. The van der Waals surface area contributed by atoms with Gasteiger partial charge in [-0.2, -0.15) is 0 Å². The molecule has 0 saturated carbocycles. The van der Waals surface area contributed by atoms with Crippen molar-refractivity contribution in [1.29, 1.82) is 0 Å². The van der Waals surface area contributed by atoms with Gasteiger partial charge in [0.05, 0.1) is 0 Å². The minimum absolute atomic E-state index is 0.237. The minimum Gasteiger partial charge on any atom is -0.314 e. The lowest BCUT2D eigenvalue weighted by Crippen LogP contribution is -2.58. The first kappa shape index (κ1) is 13.5. The van der Waals surface area contributed by atoms with Gasteiger partial charge in [-0.05, 0) is 13.8 Å². The molecule has 2 aliphatic rings. The van der Waals surface area contributed by atoms with Crippen LogP contribution in [0.25, 0.3) is 0 Å². The highest BCUT2D eigenvalue weighted by Crippen LogP contribution is 2.17. The van der Waals surface area contributed by atoms with Crippen LogP contribution in [-0.2, 0) is 10.8 Å². The molecule has 2 rings (SSSR count). The third-order valence-electron chi connectivity index (χ3n) is 3.85. The largest absolute Gasteiger partial charge is 0.314 e. The molecule has 2 heterocycles. The summed E-state index contributed by atoms with van der Waals surface area (Å²) in [5.74, 6) is 1.72. The second-order valence-electron chi connectivity index (χ2n) is 5.67. The molecule has 0 aromatic rings. The van der Waals surface area contributed by atoms with Gasteiger partial charge in [-0.3, -0.25) is 14.0 Å². The Kier molecular flexibility index (Phi) is 4.58. The standard InChI is InChI=1S/C12H25N3OS/c1-12(2,15-5-3-13-4-6-15)11-14-7-9-17(16)10-8-14/h13H,3-11H2,1-2H3. The first-order valence-electron chi connectivity index (χ1n) is 6.61. The van der Waals surface area contributed by atoms with Gasteiger partial charge in [0, 0.05) is 73.7 Å². The molecule has 2 saturated heterocycles. The van der Waals surface area contributed by atoms with Crippen molar-refractivity contribution in [3.63, 3.8) is 0 Å². The van der Waals surface area contributed by atoms with Gasteiger partial charge in [0.1, 0.15) is 0 Å². The fraction of sp³-hybridized carbons (Fsp3) is 1.00. The molecule has 2 aliphatic heterocycles. The van der Waals surface area contributed by atoms with Gasteiger partial charge in [-0.15, -0.1) is 0 Å². The van der Waals surface area contributed by atoms with Gasteiger partial charge in [-0.1, -0.05) is 0 Å². The monoisotopic (exact) mass is 259 g/mol. The van der Waals surface area contributed by atoms with Crippen LogP contribution in [0.5, 0.6) is 0 Å². The zero-order valence-electron chi connectivity index (χ0n) is 11.1. The van der Waals surface area contributed by atoms with Crippen molar-refractivity contribution < 1.29 is 4.21 Å². The van der Waals surface area contributed by atoms with Crippen LogP contribution in [0.3, 0.4) is 0 Å². The van der Waals surface area contributed by atoms with Crippen molar-refractivity contribution in [2.24, 2.45) is 0 Å². The second-order valence-corrected chi connectivity index (χ2v) is 7.37. The summed E-state index contributed by atoms with van der Waals surface area (Å²) in [5.41, 5.74) is 0.237. The lowest BCUT2D eigenvalue weighted by molar-refractivity contribution is 0.0662. The van der Waals surface area contributed by atoms with Crippen LogP contribution in [0.2, 0.25) is 0 Å². The Bertz CT molecular complexity index is 267. The maximum absolute atomic E-state index is 11.3. The van der Waals surface area contributed by atoms with Gasteiger partial charge in [0.25, 0.3) is 0 Å². The second kappa shape index (κ2) is 5.78. The minimum atomic E-state index is -0.559. The SMILES string of the molecule is CC(C)(CN1CCS(=O)CC1)N1CCNCC1. The van der Waals surface area contributed by atoms with E-state index < -0.39 is 10.8 Å². The molecule has 0 radical (unpaired) electrons. The molecular formula is C12H25N3OS. The lowest BCUT2D eigenvalue weighted by atomic mass is 10.0. The van der Waals surface area contributed by atoms with Crippen molar-refractivity contribution in [3.8, 4) is 0 Å². The smallest absolute Gasteiger partial charge is 0.0363 e. The van der Waals surface area contributed by atoms with Crippen LogP contribution in [-0.4, -0.2) is 76.9 Å². The predicted molar refractivity (Wildman–Crippen MR) is 72.8 cm³/mol. The fourth-order valence-electron chi connectivity index (χ4n) is 2.75. The van der Waals surface area contributed by atoms with Gasteiger partial charge in [0.15, 0.2) is 0 Å². The molecule has 0 aromatic heterocycles. The van der Waals surface area contributed by atoms with Gasteiger partial charge >= 0.3 is 0 Å². The molecule has 4 nitrogen and oxygen atoms in total. The Balaban J connectivity index is 1.85. The molecule has 0 amide bonds. The number of rotatable bonds is 3. The van der Waals surface area contributed by atoms with E-state index in [1.54, 1.807) is 0 Å². The van der Waals surface area contributed by atoms with Crippen molar-refractivity contribution in [3.05, 3.63) is 0 Å². The Morgan fingerprint density at radius 1 is 1.12 bits per heavy atom. The first-order valence-corrected chi connectivity index (χ1v) is 8.10. The van der Waals surface area contributed by atoms with Crippen molar-refractivity contribution in [2.75, 3.05) is 57.3 Å². The molecule has 5 heteroatoms. The predicted octanol–water partition coefficient (Wildman–Crippen LogP) is -0.265. The lowest BCUT2D eigenvalue weighted by Gasteiger charge is -2.44. The highest BCUT2D eigenvalue weighted by molar-refractivity contribution is 7.85. The number of nitrogens with zero attached hydrogens (tertiary/aromatic N) is 2. The van der Waals surface area contributed by atoms with E-state index in [-0.39, 0.29) is 5.54 Å². The van der Waals surface area contributed by atoms with Crippen LogP contribution in [0.4, 0.5) is 0 Å². The zero-order chi connectivity index (χ0) is 12.3. The Labute approximate surface area is 107 Å². The molecule has 0 unspecified atom stereocenters. The Morgan fingerprint density at radius 2 is 1.71 bits per heavy atom. The molecule has 17 heavy (non-hydrogen) atoms. The maximum atomic E-state index is 11.3. The van der Waals surface area contributed by atoms with E-state index >= 15 is 0 Å². The molecule has 0 aromatic carbocycles. The third-order valence-corrected chi connectivity index (χ3v) is 5.13. The van der Waals surface area contributed by atoms with E-state index in [9.17, 15) is 4.21 Å². The molecular weight excluding hydrogens is 234 g/mol. The molecule has 0 spiro atoms. The molecule has 1 N–H and O–H groups in total. The van der Waals surface area contributed by atoms with Gasteiger partial charge in [0.2, 0.25) is 0 Å². The highest BCUT2D eigenvalue weighted by atomic mass is 32.2. The van der Waals surface area contributed by atoms with Gasteiger partial charge < -0.3 is 5.32 Å². The summed E-state index contributed by atoms with van der Waals surface area (Å²) in [6.07, 6.45) is 0. The fourth-order valence-corrected chi connectivity index (χ4v) is 3.88. The number of piperazine rings is 1. The summed E-state index contributed by atoms with van der Waals surface area (Å²) in [5, 5.41) is 3.40. The molecule has 0 aliphatic carbocycles. The number of hydrogen-bond acceptors (Lipinski definition) is 4. The van der Waals surface area contributed by atoms with Crippen molar-refractivity contribution in [2.45, 2.75) is 19.4 Å². The van der Waals surface area contributed by atoms with Crippen molar-refractivity contribution in [1.82, 2.24) is 15.1 Å². The number of hydrogen-bond donors (Lipinski definition) is 1. The first-order chi connectivity index (χ1) is 8.08. The van der Waals surface area contributed by atoms with E-state index in [0.29, 0.717) is 0 Å². The van der Waals surface area contributed by atoms with E-state index in [4.69, 9.17) is 0 Å². The van der Waals surface area contributed by atoms with E-state index in [0.717, 1.165) is 57.3 Å². The Hall–Kier alpha value is 0.0300. The molecule has 2 fully saturated rings. The van der Waals surface area contributed by atoms with Crippen molar-refractivity contribution >= 4 is 10.8 Å². The summed E-state index contributed by atoms with van der Waals surface area (Å²) in [7, 11) is -0.559. The molecule has 0 bridgehead atoms. The van der Waals surface area contributed by atoms with Crippen LogP contribution in [0.1, 0.15) is 13.8 Å². The highest BCUT2D eigenvalue weighted by Gasteiger charge is 2.30. The average Bonchev–Trinajstić information content (AvgIpc) is 2.33. The van der Waals surface area contributed by atoms with Crippen LogP contribution < -0.4 is 5.32 Å². The summed E-state index contributed by atoms with van der Waals surface area (Å²) in [4.78, 5) is 5.05. The van der Waals surface area contributed by atoms with Crippen LogP contribution in [0.15, 0.2) is 0 Å². The quantitative estimate of drug-likeness (QED) is 0.757. The van der Waals surface area contributed by atoms with Gasteiger partial charge in [-0.25, -0.2) is 0 Å². The molecule has 0 atom stereocenters. The maximum Gasteiger partial charge on any atom is 0.0363 e. The normalized spacial score (nSPS) is 26.2. The summed E-state index contributed by atoms with van der Waals surface area (Å²) in [6.45, 7) is 12.3.